The van der Waals surface area contributed by atoms with Crippen LogP contribution in [0.4, 0.5) is 5.82 Å². The molecule has 1 amide bonds. The second-order valence-corrected chi connectivity index (χ2v) is 5.32. The summed E-state index contributed by atoms with van der Waals surface area (Å²) in [5, 5.41) is 4.51. The van der Waals surface area contributed by atoms with Gasteiger partial charge in [-0.15, -0.1) is 11.3 Å². The second-order valence-electron chi connectivity index (χ2n) is 3.17. The first-order chi connectivity index (χ1) is 8.19. The van der Waals surface area contributed by atoms with Crippen LogP contribution in [0.15, 0.2) is 29.8 Å². The van der Waals surface area contributed by atoms with Gasteiger partial charge in [-0.05, 0) is 34.7 Å². The highest BCUT2D eigenvalue weighted by Crippen LogP contribution is 2.21. The molecule has 4 nitrogen and oxygen atoms in total. The number of nitrogens with one attached hydrogen (secondary N) is 1. The average Bonchev–Trinajstić information content (AvgIpc) is 2.81. The lowest BCUT2D eigenvalue weighted by molar-refractivity contribution is 0.103. The highest BCUT2D eigenvalue weighted by atomic mass is 127. The van der Waals surface area contributed by atoms with Crippen molar-refractivity contribution < 1.29 is 9.53 Å². The van der Waals surface area contributed by atoms with Crippen LogP contribution >= 0.6 is 33.9 Å². The molecule has 0 radical (unpaired) electrons. The number of thiophene rings is 1. The molecule has 0 unspecified atom stereocenters. The van der Waals surface area contributed by atoms with E-state index < -0.39 is 0 Å². The van der Waals surface area contributed by atoms with Gasteiger partial charge in [0.25, 0.3) is 5.91 Å². The number of halogens is 1. The monoisotopic (exact) mass is 360 g/mol. The minimum atomic E-state index is -0.174. The van der Waals surface area contributed by atoms with E-state index in [2.05, 4.69) is 32.9 Å². The topological polar surface area (TPSA) is 51.2 Å². The number of carbonyl (C=O) groups is 1. The van der Waals surface area contributed by atoms with Crippen molar-refractivity contribution in [2.45, 2.75) is 0 Å². The molecule has 0 aliphatic carbocycles. The number of amides is 1. The van der Waals surface area contributed by atoms with E-state index in [-0.39, 0.29) is 5.91 Å². The van der Waals surface area contributed by atoms with Crippen LogP contribution in [0.2, 0.25) is 0 Å². The van der Waals surface area contributed by atoms with Gasteiger partial charge >= 0.3 is 0 Å². The van der Waals surface area contributed by atoms with E-state index in [0.29, 0.717) is 16.4 Å². The van der Waals surface area contributed by atoms with Crippen LogP contribution in [-0.2, 0) is 0 Å². The van der Waals surface area contributed by atoms with Gasteiger partial charge in [0, 0.05) is 21.2 Å². The van der Waals surface area contributed by atoms with Crippen molar-refractivity contribution in [1.82, 2.24) is 4.98 Å². The van der Waals surface area contributed by atoms with Crippen molar-refractivity contribution in [3.8, 4) is 5.75 Å². The zero-order valence-corrected chi connectivity index (χ0v) is 11.9. The SMILES string of the molecule is COc1csc(C(=O)Nc2ccc(I)cn2)c1. The van der Waals surface area contributed by atoms with Crippen molar-refractivity contribution in [3.63, 3.8) is 0 Å². The number of nitrogens with zero attached hydrogens (tertiary/aromatic N) is 1. The molecule has 0 saturated carbocycles. The maximum atomic E-state index is 11.8. The maximum Gasteiger partial charge on any atom is 0.267 e. The largest absolute Gasteiger partial charge is 0.496 e. The van der Waals surface area contributed by atoms with E-state index in [0.717, 1.165) is 3.57 Å². The standard InChI is InChI=1S/C11H9IN2O2S/c1-16-8-4-9(17-6-8)11(15)14-10-3-2-7(12)5-13-10/h2-6H,1H3,(H,13,14,15). The van der Waals surface area contributed by atoms with E-state index >= 15 is 0 Å². The number of hydrogen-bond acceptors (Lipinski definition) is 4. The van der Waals surface area contributed by atoms with Crippen molar-refractivity contribution >= 4 is 45.7 Å². The summed E-state index contributed by atoms with van der Waals surface area (Å²) >= 11 is 3.50. The molecule has 0 aliphatic rings. The van der Waals surface area contributed by atoms with Gasteiger partial charge in [0.1, 0.15) is 11.6 Å². The third kappa shape index (κ3) is 3.16. The Kier molecular flexibility index (Phi) is 3.95. The number of hydrogen-bond donors (Lipinski definition) is 1. The molecule has 2 aromatic rings. The van der Waals surface area contributed by atoms with Crippen LogP contribution < -0.4 is 10.1 Å². The fourth-order valence-electron chi connectivity index (χ4n) is 1.17. The molecule has 0 fully saturated rings. The van der Waals surface area contributed by atoms with E-state index in [4.69, 9.17) is 4.74 Å². The molecule has 0 aliphatic heterocycles. The van der Waals surface area contributed by atoms with Crippen molar-refractivity contribution in [2.75, 3.05) is 12.4 Å². The molecular weight excluding hydrogens is 351 g/mol. The molecule has 0 atom stereocenters. The molecule has 2 aromatic heterocycles. The quantitative estimate of drug-likeness (QED) is 0.857. The van der Waals surface area contributed by atoms with Gasteiger partial charge in [-0.2, -0.15) is 0 Å². The van der Waals surface area contributed by atoms with Crippen LogP contribution in [0.3, 0.4) is 0 Å². The normalized spacial score (nSPS) is 10.0. The van der Waals surface area contributed by atoms with E-state index in [1.807, 2.05) is 6.07 Å². The lowest BCUT2D eigenvalue weighted by Crippen LogP contribution is -2.11. The molecule has 2 heterocycles. The van der Waals surface area contributed by atoms with Gasteiger partial charge in [-0.25, -0.2) is 4.98 Å². The van der Waals surface area contributed by atoms with Crippen LogP contribution in [0, 0.1) is 3.57 Å². The number of methoxy groups -OCH3 is 1. The molecule has 0 bridgehead atoms. The smallest absolute Gasteiger partial charge is 0.267 e. The van der Waals surface area contributed by atoms with E-state index in [1.165, 1.54) is 11.3 Å². The molecule has 0 aromatic carbocycles. The van der Waals surface area contributed by atoms with Gasteiger partial charge in [0.2, 0.25) is 0 Å². The Morgan fingerprint density at radius 3 is 2.94 bits per heavy atom. The fourth-order valence-corrected chi connectivity index (χ4v) is 2.24. The predicted octanol–water partition coefficient (Wildman–Crippen LogP) is 3.01. The number of ether oxygens (including phenoxy) is 1. The van der Waals surface area contributed by atoms with Crippen LogP contribution in [0.5, 0.6) is 5.75 Å². The summed E-state index contributed by atoms with van der Waals surface area (Å²) < 4.78 is 6.05. The maximum absolute atomic E-state index is 11.8. The summed E-state index contributed by atoms with van der Waals surface area (Å²) in [5.41, 5.74) is 0. The summed E-state index contributed by atoms with van der Waals surface area (Å²) in [6.07, 6.45) is 1.70. The lowest BCUT2D eigenvalue weighted by Gasteiger charge is -2.01. The molecular formula is C11H9IN2O2S. The van der Waals surface area contributed by atoms with Gasteiger partial charge in [-0.3, -0.25) is 4.79 Å². The Bertz CT molecular complexity index is 525. The Morgan fingerprint density at radius 1 is 1.53 bits per heavy atom. The summed E-state index contributed by atoms with van der Waals surface area (Å²) in [6, 6.07) is 5.36. The zero-order chi connectivity index (χ0) is 12.3. The molecule has 6 heteroatoms. The molecule has 0 saturated heterocycles. The number of carbonyl (C=O) groups excluding carboxylic acids is 1. The van der Waals surface area contributed by atoms with Crippen LogP contribution in [0.25, 0.3) is 0 Å². The van der Waals surface area contributed by atoms with E-state index in [9.17, 15) is 4.79 Å². The molecule has 0 spiro atoms. The Balaban J connectivity index is 2.08. The summed E-state index contributed by atoms with van der Waals surface area (Å²) in [4.78, 5) is 16.5. The Hall–Kier alpha value is -1.15. The molecule has 88 valence electrons. The third-order valence-electron chi connectivity index (χ3n) is 2.00. The summed E-state index contributed by atoms with van der Waals surface area (Å²) in [7, 11) is 1.57. The van der Waals surface area contributed by atoms with Crippen molar-refractivity contribution in [2.24, 2.45) is 0 Å². The highest BCUT2D eigenvalue weighted by molar-refractivity contribution is 14.1. The first-order valence-electron chi connectivity index (χ1n) is 4.74. The number of aromatic nitrogens is 1. The van der Waals surface area contributed by atoms with Gasteiger partial charge in [-0.1, -0.05) is 0 Å². The van der Waals surface area contributed by atoms with E-state index in [1.54, 1.807) is 30.8 Å². The van der Waals surface area contributed by atoms with Gasteiger partial charge in [0.15, 0.2) is 0 Å². The fraction of sp³-hybridized carbons (Fsp3) is 0.0909. The first-order valence-corrected chi connectivity index (χ1v) is 6.70. The minimum Gasteiger partial charge on any atom is -0.496 e. The molecule has 17 heavy (non-hydrogen) atoms. The summed E-state index contributed by atoms with van der Waals surface area (Å²) in [6.45, 7) is 0. The molecule has 2 rings (SSSR count). The zero-order valence-electron chi connectivity index (χ0n) is 8.94. The van der Waals surface area contributed by atoms with Gasteiger partial charge in [0.05, 0.1) is 12.0 Å². The lowest BCUT2D eigenvalue weighted by atomic mass is 10.4. The highest BCUT2D eigenvalue weighted by Gasteiger charge is 2.10. The Morgan fingerprint density at radius 2 is 2.35 bits per heavy atom. The first kappa shape index (κ1) is 12.3. The third-order valence-corrected chi connectivity index (χ3v) is 3.55. The minimum absolute atomic E-state index is 0.174. The van der Waals surface area contributed by atoms with Crippen LogP contribution in [-0.4, -0.2) is 18.0 Å². The Labute approximate surface area is 116 Å². The number of pyridine rings is 1. The molecule has 1 N–H and O–H groups in total. The number of anilines is 1. The number of rotatable bonds is 3. The summed E-state index contributed by atoms with van der Waals surface area (Å²) in [5.74, 6) is 1.06. The van der Waals surface area contributed by atoms with Crippen LogP contribution in [0.1, 0.15) is 9.67 Å². The predicted molar refractivity (Wildman–Crippen MR) is 75.8 cm³/mol. The van der Waals surface area contributed by atoms with Gasteiger partial charge < -0.3 is 10.1 Å². The second kappa shape index (κ2) is 5.46. The van der Waals surface area contributed by atoms with Crippen molar-refractivity contribution in [1.29, 1.82) is 0 Å². The average molecular weight is 360 g/mol. The van der Waals surface area contributed by atoms with Crippen molar-refractivity contribution in [3.05, 3.63) is 38.2 Å².